The number of aryl methyl sites for hydroxylation is 1. The zero-order valence-electron chi connectivity index (χ0n) is 10.0. The summed E-state index contributed by atoms with van der Waals surface area (Å²) in [4.78, 5) is 14.9. The van der Waals surface area contributed by atoms with E-state index in [1.165, 1.54) is 12.3 Å². The van der Waals surface area contributed by atoms with Crippen LogP contribution in [0.15, 0.2) is 36.5 Å². The Kier molecular flexibility index (Phi) is 3.38. The number of carbonyl (C=O) groups is 1. The number of halogens is 3. The Morgan fingerprint density at radius 2 is 1.89 bits per heavy atom. The van der Waals surface area contributed by atoms with Crippen LogP contribution in [-0.4, -0.2) is 11.3 Å². The first-order valence-corrected chi connectivity index (χ1v) is 5.51. The molecule has 0 aliphatic rings. The largest absolute Gasteiger partial charge is 0.416 e. The minimum Gasteiger partial charge on any atom is -0.298 e. The summed E-state index contributed by atoms with van der Waals surface area (Å²) in [6, 6.07) is 6.29. The molecule has 0 radical (unpaired) electrons. The van der Waals surface area contributed by atoms with E-state index in [0.717, 1.165) is 12.1 Å². The Labute approximate surface area is 107 Å². The van der Waals surface area contributed by atoms with Gasteiger partial charge in [-0.1, -0.05) is 6.07 Å². The van der Waals surface area contributed by atoms with Crippen molar-refractivity contribution in [1.82, 2.24) is 4.98 Å². The van der Waals surface area contributed by atoms with Crippen LogP contribution >= 0.6 is 0 Å². The molecule has 98 valence electrons. The standard InChI is InChI=1S/C14H10F3NO/c1-9-6-10(4-5-18-9)13-7-12(14(15,16)17)3-2-11(13)8-19/h2-8H,1H3. The highest BCUT2D eigenvalue weighted by molar-refractivity contribution is 5.87. The molecular weight excluding hydrogens is 255 g/mol. The number of benzene rings is 1. The third-order valence-corrected chi connectivity index (χ3v) is 2.72. The molecule has 0 N–H and O–H groups in total. The van der Waals surface area contributed by atoms with Crippen LogP contribution in [0, 0.1) is 6.92 Å². The van der Waals surface area contributed by atoms with E-state index >= 15 is 0 Å². The minimum absolute atomic E-state index is 0.221. The van der Waals surface area contributed by atoms with Crippen LogP contribution in [0.5, 0.6) is 0 Å². The third kappa shape index (κ3) is 2.81. The summed E-state index contributed by atoms with van der Waals surface area (Å²) in [6.07, 6.45) is -2.39. The zero-order valence-corrected chi connectivity index (χ0v) is 10.0. The van der Waals surface area contributed by atoms with Crippen molar-refractivity contribution in [3.8, 4) is 11.1 Å². The van der Waals surface area contributed by atoms with Crippen molar-refractivity contribution >= 4 is 6.29 Å². The highest BCUT2D eigenvalue weighted by atomic mass is 19.4. The van der Waals surface area contributed by atoms with Gasteiger partial charge in [0, 0.05) is 17.5 Å². The first kappa shape index (κ1) is 13.3. The molecule has 2 rings (SSSR count). The van der Waals surface area contributed by atoms with E-state index in [0.29, 0.717) is 17.5 Å². The number of hydrogen-bond donors (Lipinski definition) is 0. The first-order chi connectivity index (χ1) is 8.91. The smallest absolute Gasteiger partial charge is 0.298 e. The molecule has 0 fully saturated rings. The SMILES string of the molecule is Cc1cc(-c2cc(C(F)(F)F)ccc2C=O)ccn1. The van der Waals surface area contributed by atoms with E-state index < -0.39 is 11.7 Å². The predicted octanol–water partition coefficient (Wildman–Crippen LogP) is 3.89. The van der Waals surface area contributed by atoms with Crippen LogP contribution < -0.4 is 0 Å². The predicted molar refractivity (Wildman–Crippen MR) is 64.8 cm³/mol. The number of rotatable bonds is 2. The van der Waals surface area contributed by atoms with Gasteiger partial charge in [0.15, 0.2) is 6.29 Å². The topological polar surface area (TPSA) is 30.0 Å². The Balaban J connectivity index is 2.63. The number of aldehydes is 1. The minimum atomic E-state index is -4.43. The monoisotopic (exact) mass is 265 g/mol. The van der Waals surface area contributed by atoms with Crippen molar-refractivity contribution in [3.63, 3.8) is 0 Å². The summed E-state index contributed by atoms with van der Waals surface area (Å²) >= 11 is 0. The molecule has 1 aromatic carbocycles. The Hall–Kier alpha value is -2.17. The maximum atomic E-state index is 12.7. The van der Waals surface area contributed by atoms with Gasteiger partial charge in [0.2, 0.25) is 0 Å². The molecule has 0 unspecified atom stereocenters. The second kappa shape index (κ2) is 4.84. The van der Waals surface area contributed by atoms with Crippen molar-refractivity contribution in [2.45, 2.75) is 13.1 Å². The number of hydrogen-bond acceptors (Lipinski definition) is 2. The number of alkyl halides is 3. The average molecular weight is 265 g/mol. The lowest BCUT2D eigenvalue weighted by Gasteiger charge is -2.11. The molecule has 0 bridgehead atoms. The first-order valence-electron chi connectivity index (χ1n) is 5.51. The van der Waals surface area contributed by atoms with Gasteiger partial charge in [-0.15, -0.1) is 0 Å². The Morgan fingerprint density at radius 1 is 1.16 bits per heavy atom. The molecule has 0 saturated carbocycles. The fourth-order valence-electron chi connectivity index (χ4n) is 1.80. The zero-order chi connectivity index (χ0) is 14.0. The van der Waals surface area contributed by atoms with Gasteiger partial charge in [-0.3, -0.25) is 9.78 Å². The van der Waals surface area contributed by atoms with E-state index in [1.54, 1.807) is 19.1 Å². The van der Waals surface area contributed by atoms with Crippen LogP contribution in [0.4, 0.5) is 13.2 Å². The molecule has 0 amide bonds. The maximum Gasteiger partial charge on any atom is 0.416 e. The normalized spacial score (nSPS) is 11.4. The van der Waals surface area contributed by atoms with E-state index in [1.807, 2.05) is 0 Å². The van der Waals surface area contributed by atoms with Gasteiger partial charge in [-0.05, 0) is 42.3 Å². The molecule has 2 aromatic rings. The van der Waals surface area contributed by atoms with Gasteiger partial charge < -0.3 is 0 Å². The van der Waals surface area contributed by atoms with Gasteiger partial charge in [-0.25, -0.2) is 0 Å². The fourth-order valence-corrected chi connectivity index (χ4v) is 1.80. The average Bonchev–Trinajstić information content (AvgIpc) is 2.37. The molecule has 0 atom stereocenters. The summed E-state index contributed by atoms with van der Waals surface area (Å²) in [5.41, 5.74) is 0.920. The molecule has 0 aliphatic heterocycles. The van der Waals surface area contributed by atoms with Crippen LogP contribution in [0.3, 0.4) is 0 Å². The molecule has 5 heteroatoms. The van der Waals surface area contributed by atoms with Crippen molar-refractivity contribution in [2.24, 2.45) is 0 Å². The lowest BCUT2D eigenvalue weighted by Crippen LogP contribution is -2.05. The van der Waals surface area contributed by atoms with E-state index in [9.17, 15) is 18.0 Å². The Morgan fingerprint density at radius 3 is 2.47 bits per heavy atom. The lowest BCUT2D eigenvalue weighted by molar-refractivity contribution is -0.137. The van der Waals surface area contributed by atoms with Gasteiger partial charge in [0.05, 0.1) is 5.56 Å². The molecule has 1 heterocycles. The molecule has 0 saturated heterocycles. The van der Waals surface area contributed by atoms with E-state index in [4.69, 9.17) is 0 Å². The number of carbonyl (C=O) groups excluding carboxylic acids is 1. The van der Waals surface area contributed by atoms with Crippen molar-refractivity contribution < 1.29 is 18.0 Å². The highest BCUT2D eigenvalue weighted by Gasteiger charge is 2.31. The second-order valence-electron chi connectivity index (χ2n) is 4.10. The van der Waals surface area contributed by atoms with Crippen LogP contribution in [-0.2, 0) is 6.18 Å². The number of nitrogens with zero attached hydrogens (tertiary/aromatic N) is 1. The molecule has 0 spiro atoms. The summed E-state index contributed by atoms with van der Waals surface area (Å²) in [7, 11) is 0. The summed E-state index contributed by atoms with van der Waals surface area (Å²) in [5.74, 6) is 0. The Bertz CT molecular complexity index is 620. The highest BCUT2D eigenvalue weighted by Crippen LogP contribution is 2.33. The lowest BCUT2D eigenvalue weighted by atomic mass is 9.98. The van der Waals surface area contributed by atoms with Gasteiger partial charge in [0.25, 0.3) is 0 Å². The van der Waals surface area contributed by atoms with Crippen molar-refractivity contribution in [1.29, 1.82) is 0 Å². The van der Waals surface area contributed by atoms with Gasteiger partial charge in [0.1, 0.15) is 0 Å². The van der Waals surface area contributed by atoms with Crippen molar-refractivity contribution in [3.05, 3.63) is 53.3 Å². The van der Waals surface area contributed by atoms with Crippen LogP contribution in [0.25, 0.3) is 11.1 Å². The van der Waals surface area contributed by atoms with Crippen LogP contribution in [0.1, 0.15) is 21.6 Å². The van der Waals surface area contributed by atoms with Crippen LogP contribution in [0.2, 0.25) is 0 Å². The van der Waals surface area contributed by atoms with E-state index in [2.05, 4.69) is 4.98 Å². The van der Waals surface area contributed by atoms with E-state index in [-0.39, 0.29) is 11.1 Å². The number of pyridine rings is 1. The maximum absolute atomic E-state index is 12.7. The molecule has 1 aromatic heterocycles. The summed E-state index contributed by atoms with van der Waals surface area (Å²) in [5, 5.41) is 0. The van der Waals surface area contributed by atoms with Gasteiger partial charge in [-0.2, -0.15) is 13.2 Å². The molecular formula is C14H10F3NO. The van der Waals surface area contributed by atoms with Crippen molar-refractivity contribution in [2.75, 3.05) is 0 Å². The summed E-state index contributed by atoms with van der Waals surface area (Å²) in [6.45, 7) is 1.73. The molecule has 0 aliphatic carbocycles. The molecule has 2 nitrogen and oxygen atoms in total. The molecule has 19 heavy (non-hydrogen) atoms. The number of aromatic nitrogens is 1. The summed E-state index contributed by atoms with van der Waals surface area (Å²) < 4.78 is 38.1. The second-order valence-corrected chi connectivity index (χ2v) is 4.10. The van der Waals surface area contributed by atoms with Gasteiger partial charge >= 0.3 is 6.18 Å². The fraction of sp³-hybridized carbons (Fsp3) is 0.143. The quantitative estimate of drug-likeness (QED) is 0.771. The third-order valence-electron chi connectivity index (χ3n) is 2.72.